The van der Waals surface area contributed by atoms with Gasteiger partial charge in [-0.25, -0.2) is 4.39 Å². The molecule has 6 heteroatoms. The lowest BCUT2D eigenvalue weighted by Crippen LogP contribution is -2.18. The molecule has 2 unspecified atom stereocenters. The van der Waals surface area contributed by atoms with Gasteiger partial charge in [-0.05, 0) is 49.6 Å². The summed E-state index contributed by atoms with van der Waals surface area (Å²) in [6, 6.07) is 4.55. The number of rotatable bonds is 6. The lowest BCUT2D eigenvalue weighted by atomic mass is 10.0. The van der Waals surface area contributed by atoms with E-state index in [9.17, 15) is 4.39 Å². The largest absolute Gasteiger partial charge is 0.304 e. The van der Waals surface area contributed by atoms with Crippen LogP contribution in [0.3, 0.4) is 0 Å². The van der Waals surface area contributed by atoms with E-state index in [1.807, 2.05) is 45.9 Å². The van der Waals surface area contributed by atoms with Crippen LogP contribution >= 0.6 is 20.2 Å². The molecule has 2 atom stereocenters. The Labute approximate surface area is 162 Å². The normalized spacial score (nSPS) is 16.1. The van der Waals surface area contributed by atoms with Crippen molar-refractivity contribution in [1.29, 1.82) is 5.41 Å². The summed E-state index contributed by atoms with van der Waals surface area (Å²) in [5.41, 5.74) is 4.50. The second-order valence-corrected chi connectivity index (χ2v) is 6.97. The monoisotopic (exact) mass is 393 g/mol. The number of nitrogens with one attached hydrogen (secondary N) is 2. The fraction of sp³-hybridized carbons (Fsp3) is 0.300. The Kier molecular flexibility index (Phi) is 10.1. The average Bonchev–Trinajstić information content (AvgIpc) is 2.68. The van der Waals surface area contributed by atoms with Crippen LogP contribution in [0.4, 0.5) is 4.39 Å². The number of hydrogen-bond donors (Lipinski definition) is 2. The van der Waals surface area contributed by atoms with Crippen LogP contribution in [0.15, 0.2) is 53.2 Å². The lowest BCUT2D eigenvalue weighted by molar-refractivity contribution is 0.624. The second-order valence-electron chi connectivity index (χ2n) is 5.27. The molecule has 26 heavy (non-hydrogen) atoms. The molecule has 0 aliphatic carbocycles. The highest BCUT2D eigenvalue weighted by Gasteiger charge is 2.17. The molecule has 140 valence electrons. The van der Waals surface area contributed by atoms with Gasteiger partial charge in [0.1, 0.15) is 5.82 Å². The van der Waals surface area contributed by atoms with Gasteiger partial charge in [0, 0.05) is 22.4 Å². The first-order valence-corrected chi connectivity index (χ1v) is 10.2. The predicted molar refractivity (Wildman–Crippen MR) is 116 cm³/mol. The van der Waals surface area contributed by atoms with Gasteiger partial charge in [-0.3, -0.25) is 0 Å². The molecule has 0 bridgehead atoms. The van der Waals surface area contributed by atoms with Crippen molar-refractivity contribution in [3.63, 3.8) is 0 Å². The summed E-state index contributed by atoms with van der Waals surface area (Å²) in [6.07, 6.45) is 10.0. The smallest absolute Gasteiger partial charge is 0.131 e. The van der Waals surface area contributed by atoms with Crippen LogP contribution in [0.25, 0.3) is 5.31 Å². The highest BCUT2D eigenvalue weighted by molar-refractivity contribution is 7.51. The van der Waals surface area contributed by atoms with Crippen LogP contribution in [0.1, 0.15) is 33.3 Å². The minimum absolute atomic E-state index is 0.00326. The SMILES string of the molecule is C/C=N\NC(C)/C=C\C(=N)C1=C(c2cc(Cl)ccc2F)PCC=C1.CC. The van der Waals surface area contributed by atoms with E-state index >= 15 is 0 Å². The van der Waals surface area contributed by atoms with Gasteiger partial charge < -0.3 is 10.8 Å². The van der Waals surface area contributed by atoms with E-state index in [-0.39, 0.29) is 11.9 Å². The Morgan fingerprint density at radius 2 is 2.15 bits per heavy atom. The number of allylic oxidation sites excluding steroid dienone is 4. The van der Waals surface area contributed by atoms with E-state index in [1.165, 1.54) is 12.1 Å². The van der Waals surface area contributed by atoms with Gasteiger partial charge >= 0.3 is 0 Å². The molecule has 0 aromatic heterocycles. The third-order valence-electron chi connectivity index (χ3n) is 3.40. The van der Waals surface area contributed by atoms with Gasteiger partial charge in [-0.15, -0.1) is 0 Å². The molecule has 0 amide bonds. The fourth-order valence-corrected chi connectivity index (χ4v) is 3.64. The van der Waals surface area contributed by atoms with Crippen LogP contribution in [0, 0.1) is 11.2 Å². The van der Waals surface area contributed by atoms with Crippen molar-refractivity contribution in [3.05, 3.63) is 64.5 Å². The van der Waals surface area contributed by atoms with Crippen molar-refractivity contribution in [2.24, 2.45) is 5.10 Å². The van der Waals surface area contributed by atoms with Crippen molar-refractivity contribution >= 4 is 37.4 Å². The molecule has 3 nitrogen and oxygen atoms in total. The molecule has 0 saturated carbocycles. The van der Waals surface area contributed by atoms with E-state index in [1.54, 1.807) is 18.4 Å². The number of hydrazone groups is 1. The van der Waals surface area contributed by atoms with Gasteiger partial charge in [0.15, 0.2) is 0 Å². The minimum atomic E-state index is -0.307. The summed E-state index contributed by atoms with van der Waals surface area (Å²) in [6.45, 7) is 7.77. The van der Waals surface area contributed by atoms with Crippen LogP contribution in [0.2, 0.25) is 5.02 Å². The quantitative estimate of drug-likeness (QED) is 0.346. The summed E-state index contributed by atoms with van der Waals surface area (Å²) in [7, 11) is 0.416. The summed E-state index contributed by atoms with van der Waals surface area (Å²) in [5.74, 6) is -0.307. The van der Waals surface area contributed by atoms with Crippen molar-refractivity contribution < 1.29 is 4.39 Å². The third kappa shape index (κ3) is 6.51. The molecule has 2 N–H and O–H groups in total. The number of halogens is 2. The molecule has 1 aromatic rings. The zero-order valence-corrected chi connectivity index (χ0v) is 17.4. The molecule has 1 heterocycles. The van der Waals surface area contributed by atoms with Crippen LogP contribution in [-0.2, 0) is 0 Å². The standard InChI is InChI=1S/C18H20ClFN3P.C2H6/c1-3-22-23-12(2)6-9-17(21)14-5-4-10-24-18(14)15-11-13(19)7-8-16(15)20;1-2/h3-9,11-12,21,23-24H,10H2,1-2H3;1-2H3/b9-6-,21-17?,22-3-;. The average molecular weight is 394 g/mol. The molecule has 0 spiro atoms. The maximum atomic E-state index is 14.2. The summed E-state index contributed by atoms with van der Waals surface area (Å²) in [5, 5.41) is 13.6. The molecule has 1 aliphatic heterocycles. The molecule has 1 aromatic carbocycles. The van der Waals surface area contributed by atoms with E-state index in [0.29, 0.717) is 24.9 Å². The van der Waals surface area contributed by atoms with Crippen molar-refractivity contribution in [3.8, 4) is 0 Å². The molecule has 0 radical (unpaired) electrons. The van der Waals surface area contributed by atoms with Crippen LogP contribution in [-0.4, -0.2) is 24.1 Å². The molecular formula is C20H26ClFN3P. The second kappa shape index (κ2) is 11.8. The van der Waals surface area contributed by atoms with Gasteiger partial charge in [0.05, 0.1) is 11.8 Å². The highest BCUT2D eigenvalue weighted by Crippen LogP contribution is 2.41. The molecule has 1 aliphatic rings. The fourth-order valence-electron chi connectivity index (χ4n) is 2.24. The Hall–Kier alpha value is -1.77. The van der Waals surface area contributed by atoms with Crippen molar-refractivity contribution in [1.82, 2.24) is 5.43 Å². The third-order valence-corrected chi connectivity index (χ3v) is 4.96. The van der Waals surface area contributed by atoms with E-state index in [4.69, 9.17) is 17.0 Å². The van der Waals surface area contributed by atoms with Crippen molar-refractivity contribution in [2.45, 2.75) is 33.7 Å². The van der Waals surface area contributed by atoms with Crippen LogP contribution in [0.5, 0.6) is 0 Å². The summed E-state index contributed by atoms with van der Waals surface area (Å²) in [4.78, 5) is 0. The maximum Gasteiger partial charge on any atom is 0.131 e. The molecule has 0 saturated heterocycles. The summed E-state index contributed by atoms with van der Waals surface area (Å²) >= 11 is 6.02. The first-order chi connectivity index (χ1) is 12.5. The topological polar surface area (TPSA) is 48.2 Å². The minimum Gasteiger partial charge on any atom is -0.304 e. The zero-order valence-electron chi connectivity index (χ0n) is 15.6. The number of hydrogen-bond acceptors (Lipinski definition) is 3. The Morgan fingerprint density at radius 1 is 1.42 bits per heavy atom. The summed E-state index contributed by atoms with van der Waals surface area (Å²) < 4.78 is 14.2. The Bertz CT molecular complexity index is 739. The van der Waals surface area contributed by atoms with Crippen LogP contribution < -0.4 is 5.43 Å². The zero-order chi connectivity index (χ0) is 19.5. The van der Waals surface area contributed by atoms with E-state index in [0.717, 1.165) is 17.0 Å². The number of nitrogens with zero attached hydrogens (tertiary/aromatic N) is 1. The first kappa shape index (κ1) is 22.3. The molecular weight excluding hydrogens is 368 g/mol. The molecule has 2 rings (SSSR count). The maximum absolute atomic E-state index is 14.2. The van der Waals surface area contributed by atoms with Gasteiger partial charge in [0.2, 0.25) is 0 Å². The Balaban J connectivity index is 0.00000163. The predicted octanol–water partition coefficient (Wildman–Crippen LogP) is 6.02. The highest BCUT2D eigenvalue weighted by atomic mass is 35.5. The first-order valence-electron chi connectivity index (χ1n) is 8.63. The van der Waals surface area contributed by atoms with Gasteiger partial charge in [0.25, 0.3) is 0 Å². The number of benzene rings is 1. The van der Waals surface area contributed by atoms with E-state index < -0.39 is 0 Å². The molecule has 0 fully saturated rings. The lowest BCUT2D eigenvalue weighted by Gasteiger charge is -2.17. The van der Waals surface area contributed by atoms with E-state index in [2.05, 4.69) is 10.5 Å². The van der Waals surface area contributed by atoms with Crippen molar-refractivity contribution in [2.75, 3.05) is 6.16 Å². The van der Waals surface area contributed by atoms with Gasteiger partial charge in [-0.1, -0.05) is 52.3 Å². The Morgan fingerprint density at radius 3 is 2.85 bits per heavy atom. The van der Waals surface area contributed by atoms with Gasteiger partial charge in [-0.2, -0.15) is 5.10 Å².